The number of nitrogens with zero attached hydrogens (tertiary/aromatic N) is 2. The van der Waals surface area contributed by atoms with Crippen LogP contribution in [-0.2, 0) is 12.8 Å². The van der Waals surface area contributed by atoms with Crippen molar-refractivity contribution in [3.8, 4) is 17.0 Å². The second-order valence-corrected chi connectivity index (χ2v) is 7.21. The molecule has 0 unspecified atom stereocenters. The number of fused-ring (bicyclic) bond motifs is 1. The van der Waals surface area contributed by atoms with Crippen LogP contribution in [0, 0.1) is 5.82 Å². The monoisotopic (exact) mass is 402 g/mol. The Morgan fingerprint density at radius 3 is 2.56 bits per heavy atom. The summed E-state index contributed by atoms with van der Waals surface area (Å²) in [6.07, 6.45) is 7.19. The van der Waals surface area contributed by atoms with Crippen molar-refractivity contribution >= 4 is 35.6 Å². The lowest BCUT2D eigenvalue weighted by Crippen LogP contribution is -2.11. The van der Waals surface area contributed by atoms with E-state index in [1.165, 1.54) is 6.07 Å². The zero-order chi connectivity index (χ0) is 16.7. The zero-order valence-corrected chi connectivity index (χ0v) is 15.9. The number of ether oxygens (including phenoxy) is 1. The summed E-state index contributed by atoms with van der Waals surface area (Å²) < 4.78 is 20.5. The smallest absolute Gasteiger partial charge is 0.139 e. The molecule has 7 heteroatoms. The van der Waals surface area contributed by atoms with Gasteiger partial charge in [0.05, 0.1) is 21.8 Å². The van der Waals surface area contributed by atoms with Gasteiger partial charge in [-0.1, -0.05) is 23.2 Å². The third-order valence-corrected chi connectivity index (χ3v) is 5.51. The summed E-state index contributed by atoms with van der Waals surface area (Å²) in [5, 5.41) is 9.14. The molecule has 2 aliphatic carbocycles. The molecule has 3 nitrogen and oxygen atoms in total. The standard InChI is InChI=1S/C18H17Cl2FN2O.ClH/c19-13-9-14(21)12(8-16(13)24-10-4-1-2-5-10)18-17(20)11-6-3-7-15(11)22-23-18;/h8-10H,1-7H2;1H. The first-order chi connectivity index (χ1) is 11.6. The molecular weight excluding hydrogens is 386 g/mol. The number of halogens is 4. The third kappa shape index (κ3) is 3.57. The number of aryl methyl sites for hydroxylation is 1. The summed E-state index contributed by atoms with van der Waals surface area (Å²) in [6, 6.07) is 2.87. The SMILES string of the molecule is Cl.Fc1cc(Cl)c(OC2CCCC2)cc1-c1nnc2c(c1Cl)CCC2. The predicted molar refractivity (Wildman–Crippen MR) is 99.6 cm³/mol. The number of hydrogen-bond acceptors (Lipinski definition) is 3. The molecule has 2 aromatic rings. The van der Waals surface area contributed by atoms with Crippen LogP contribution in [0.25, 0.3) is 11.3 Å². The molecule has 1 aromatic heterocycles. The molecule has 4 rings (SSSR count). The van der Waals surface area contributed by atoms with E-state index in [4.69, 9.17) is 27.9 Å². The zero-order valence-electron chi connectivity index (χ0n) is 13.5. The van der Waals surface area contributed by atoms with Crippen molar-refractivity contribution in [3.05, 3.63) is 39.3 Å². The lowest BCUT2D eigenvalue weighted by Gasteiger charge is -2.16. The molecule has 1 heterocycles. The quantitative estimate of drug-likeness (QED) is 0.647. The maximum Gasteiger partial charge on any atom is 0.139 e. The average molecular weight is 404 g/mol. The second kappa shape index (κ2) is 7.65. The van der Waals surface area contributed by atoms with Gasteiger partial charge in [-0.05, 0) is 62.6 Å². The maximum absolute atomic E-state index is 14.5. The van der Waals surface area contributed by atoms with Gasteiger partial charge in [-0.25, -0.2) is 4.39 Å². The highest BCUT2D eigenvalue weighted by Crippen LogP contribution is 2.39. The summed E-state index contributed by atoms with van der Waals surface area (Å²) in [5.74, 6) is 0.0197. The molecule has 0 spiro atoms. The van der Waals surface area contributed by atoms with Gasteiger partial charge in [0, 0.05) is 5.56 Å². The molecule has 0 amide bonds. The van der Waals surface area contributed by atoms with Gasteiger partial charge in [-0.3, -0.25) is 0 Å². The van der Waals surface area contributed by atoms with Gasteiger partial charge < -0.3 is 4.74 Å². The van der Waals surface area contributed by atoms with E-state index < -0.39 is 5.82 Å². The normalized spacial score (nSPS) is 16.6. The van der Waals surface area contributed by atoms with E-state index in [-0.39, 0.29) is 23.5 Å². The molecule has 1 saturated carbocycles. The van der Waals surface area contributed by atoms with Crippen LogP contribution in [-0.4, -0.2) is 16.3 Å². The van der Waals surface area contributed by atoms with E-state index in [0.717, 1.165) is 56.2 Å². The molecule has 2 aliphatic rings. The first-order valence-electron chi connectivity index (χ1n) is 8.33. The van der Waals surface area contributed by atoms with Crippen LogP contribution in [0.4, 0.5) is 4.39 Å². The summed E-state index contributed by atoms with van der Waals surface area (Å²) in [7, 11) is 0. The van der Waals surface area contributed by atoms with Gasteiger partial charge >= 0.3 is 0 Å². The van der Waals surface area contributed by atoms with E-state index in [9.17, 15) is 4.39 Å². The van der Waals surface area contributed by atoms with Crippen LogP contribution in [0.2, 0.25) is 10.0 Å². The van der Waals surface area contributed by atoms with Gasteiger partial charge in [0.15, 0.2) is 0 Å². The highest BCUT2D eigenvalue weighted by atomic mass is 35.5. The highest BCUT2D eigenvalue weighted by Gasteiger charge is 2.24. The van der Waals surface area contributed by atoms with E-state index >= 15 is 0 Å². The molecule has 0 aliphatic heterocycles. The number of rotatable bonds is 3. The summed E-state index contributed by atoms with van der Waals surface area (Å²) >= 11 is 12.6. The van der Waals surface area contributed by atoms with Gasteiger partial charge in [0.25, 0.3) is 0 Å². The van der Waals surface area contributed by atoms with Gasteiger partial charge in [-0.2, -0.15) is 5.10 Å². The largest absolute Gasteiger partial charge is 0.489 e. The molecule has 1 aromatic carbocycles. The summed E-state index contributed by atoms with van der Waals surface area (Å²) in [6.45, 7) is 0. The van der Waals surface area contributed by atoms with Crippen LogP contribution in [0.1, 0.15) is 43.4 Å². The van der Waals surface area contributed by atoms with Crippen molar-refractivity contribution in [1.82, 2.24) is 10.2 Å². The van der Waals surface area contributed by atoms with E-state index in [1.807, 2.05) is 0 Å². The van der Waals surface area contributed by atoms with Crippen molar-refractivity contribution in [2.45, 2.75) is 51.0 Å². The third-order valence-electron chi connectivity index (χ3n) is 4.80. The van der Waals surface area contributed by atoms with Crippen LogP contribution in [0.5, 0.6) is 5.75 Å². The fraction of sp³-hybridized carbons (Fsp3) is 0.444. The Balaban J connectivity index is 0.00000182. The molecule has 134 valence electrons. The Kier molecular flexibility index (Phi) is 5.71. The minimum absolute atomic E-state index is 0. The van der Waals surface area contributed by atoms with Gasteiger partial charge in [-0.15, -0.1) is 17.5 Å². The van der Waals surface area contributed by atoms with Gasteiger partial charge in [0.2, 0.25) is 0 Å². The van der Waals surface area contributed by atoms with Gasteiger partial charge in [0.1, 0.15) is 17.3 Å². The Bertz CT molecular complexity index is 794. The number of aromatic nitrogens is 2. The average Bonchev–Trinajstić information content (AvgIpc) is 3.22. The summed E-state index contributed by atoms with van der Waals surface area (Å²) in [5.41, 5.74) is 2.55. The lowest BCUT2D eigenvalue weighted by atomic mass is 10.1. The predicted octanol–water partition coefficient (Wildman–Crippen LogP) is 5.82. The first-order valence-corrected chi connectivity index (χ1v) is 9.09. The molecule has 0 radical (unpaired) electrons. The first kappa shape index (κ1) is 18.7. The minimum atomic E-state index is -0.465. The van der Waals surface area contributed by atoms with E-state index in [2.05, 4.69) is 10.2 Å². The fourth-order valence-electron chi connectivity index (χ4n) is 3.53. The van der Waals surface area contributed by atoms with Crippen LogP contribution >= 0.6 is 35.6 Å². The molecule has 0 saturated heterocycles. The van der Waals surface area contributed by atoms with Crippen LogP contribution in [0.3, 0.4) is 0 Å². The molecule has 1 fully saturated rings. The molecule has 0 atom stereocenters. The van der Waals surface area contributed by atoms with Crippen molar-refractivity contribution in [2.75, 3.05) is 0 Å². The molecule has 25 heavy (non-hydrogen) atoms. The van der Waals surface area contributed by atoms with Crippen LogP contribution < -0.4 is 4.74 Å². The number of benzene rings is 1. The fourth-order valence-corrected chi connectivity index (χ4v) is 4.07. The topological polar surface area (TPSA) is 35.0 Å². The molecular formula is C18H18Cl3FN2O. The molecule has 0 bridgehead atoms. The second-order valence-electron chi connectivity index (χ2n) is 6.43. The Morgan fingerprint density at radius 2 is 1.80 bits per heavy atom. The summed E-state index contributed by atoms with van der Waals surface area (Å²) in [4.78, 5) is 0. The van der Waals surface area contributed by atoms with Crippen molar-refractivity contribution in [1.29, 1.82) is 0 Å². The van der Waals surface area contributed by atoms with E-state index in [0.29, 0.717) is 22.0 Å². The lowest BCUT2D eigenvalue weighted by molar-refractivity contribution is 0.210. The number of hydrogen-bond donors (Lipinski definition) is 0. The van der Waals surface area contributed by atoms with Crippen molar-refractivity contribution < 1.29 is 9.13 Å². The Morgan fingerprint density at radius 1 is 1.04 bits per heavy atom. The molecule has 0 N–H and O–H groups in total. The highest BCUT2D eigenvalue weighted by molar-refractivity contribution is 6.34. The minimum Gasteiger partial charge on any atom is -0.489 e. The van der Waals surface area contributed by atoms with E-state index in [1.54, 1.807) is 6.07 Å². The Labute approximate surface area is 162 Å². The Hall–Kier alpha value is -1.10. The van der Waals surface area contributed by atoms with Crippen LogP contribution in [0.15, 0.2) is 12.1 Å². The van der Waals surface area contributed by atoms with Crippen molar-refractivity contribution in [3.63, 3.8) is 0 Å². The van der Waals surface area contributed by atoms with Crippen molar-refractivity contribution in [2.24, 2.45) is 0 Å². The maximum atomic E-state index is 14.5.